The number of amides is 1. The van der Waals surface area contributed by atoms with Crippen LogP contribution in [0.4, 0.5) is 0 Å². The van der Waals surface area contributed by atoms with E-state index in [0.29, 0.717) is 5.02 Å². The Bertz CT molecular complexity index is 850. The van der Waals surface area contributed by atoms with Gasteiger partial charge in [0.05, 0.1) is 5.57 Å². The van der Waals surface area contributed by atoms with Crippen molar-refractivity contribution < 1.29 is 4.79 Å². The van der Waals surface area contributed by atoms with E-state index in [0.717, 1.165) is 33.2 Å². The molecule has 0 spiro atoms. The Morgan fingerprint density at radius 2 is 1.83 bits per heavy atom. The molecule has 122 valence electrons. The monoisotopic (exact) mass is 401 g/mol. The SMILES string of the molecule is CN(C)C(=O)C1=C(/C=C/c2ccc(Cl)cc2)Cc2cc(Br)ccc21. The van der Waals surface area contributed by atoms with Gasteiger partial charge in [-0.3, -0.25) is 4.79 Å². The van der Waals surface area contributed by atoms with Crippen molar-refractivity contribution in [3.63, 3.8) is 0 Å². The Balaban J connectivity index is 2.01. The van der Waals surface area contributed by atoms with Crippen LogP contribution in [0.15, 0.2) is 58.6 Å². The third kappa shape index (κ3) is 3.47. The van der Waals surface area contributed by atoms with Crippen LogP contribution >= 0.6 is 27.5 Å². The van der Waals surface area contributed by atoms with Crippen molar-refractivity contribution >= 4 is 45.1 Å². The molecule has 0 saturated heterocycles. The van der Waals surface area contributed by atoms with E-state index in [1.54, 1.807) is 19.0 Å². The molecule has 4 heteroatoms. The van der Waals surface area contributed by atoms with Crippen molar-refractivity contribution in [2.24, 2.45) is 0 Å². The Labute approximate surface area is 155 Å². The molecule has 0 aromatic heterocycles. The minimum absolute atomic E-state index is 0.0341. The molecule has 2 aromatic rings. The van der Waals surface area contributed by atoms with Gasteiger partial charge in [0.25, 0.3) is 5.91 Å². The van der Waals surface area contributed by atoms with E-state index in [2.05, 4.69) is 22.0 Å². The molecule has 1 aliphatic carbocycles. The van der Waals surface area contributed by atoms with E-state index in [1.165, 1.54) is 5.56 Å². The van der Waals surface area contributed by atoms with Crippen LogP contribution in [0.3, 0.4) is 0 Å². The maximum absolute atomic E-state index is 12.7. The van der Waals surface area contributed by atoms with Crippen molar-refractivity contribution in [1.82, 2.24) is 4.90 Å². The minimum atomic E-state index is 0.0341. The lowest BCUT2D eigenvalue weighted by atomic mass is 10.0. The summed E-state index contributed by atoms with van der Waals surface area (Å²) in [5.74, 6) is 0.0341. The molecular weight excluding hydrogens is 386 g/mol. The Morgan fingerprint density at radius 3 is 2.50 bits per heavy atom. The van der Waals surface area contributed by atoms with Gasteiger partial charge in [-0.1, -0.05) is 57.9 Å². The van der Waals surface area contributed by atoms with E-state index in [9.17, 15) is 4.79 Å². The highest BCUT2D eigenvalue weighted by Crippen LogP contribution is 2.36. The second-order valence-electron chi connectivity index (χ2n) is 5.96. The molecule has 0 N–H and O–H groups in total. The average molecular weight is 403 g/mol. The second-order valence-corrected chi connectivity index (χ2v) is 7.32. The predicted molar refractivity (Wildman–Crippen MR) is 104 cm³/mol. The largest absolute Gasteiger partial charge is 0.345 e. The molecule has 3 rings (SSSR count). The molecule has 0 fully saturated rings. The summed E-state index contributed by atoms with van der Waals surface area (Å²) in [6, 6.07) is 13.7. The summed E-state index contributed by atoms with van der Waals surface area (Å²) in [6.07, 6.45) is 4.82. The molecular formula is C20H17BrClNO. The number of carbonyl (C=O) groups is 1. The van der Waals surface area contributed by atoms with E-state index in [-0.39, 0.29) is 5.91 Å². The highest BCUT2D eigenvalue weighted by atomic mass is 79.9. The normalized spacial score (nSPS) is 13.5. The second kappa shape index (κ2) is 6.96. The summed E-state index contributed by atoms with van der Waals surface area (Å²) in [5, 5.41) is 0.716. The molecule has 24 heavy (non-hydrogen) atoms. The Hall–Kier alpha value is -1.84. The molecule has 0 atom stereocenters. The highest BCUT2D eigenvalue weighted by Gasteiger charge is 2.26. The van der Waals surface area contributed by atoms with Crippen LogP contribution in [0.1, 0.15) is 16.7 Å². The number of hydrogen-bond acceptors (Lipinski definition) is 1. The number of rotatable bonds is 3. The molecule has 0 bridgehead atoms. The molecule has 0 heterocycles. The molecule has 0 radical (unpaired) electrons. The van der Waals surface area contributed by atoms with Crippen LogP contribution in [0, 0.1) is 0 Å². The van der Waals surface area contributed by atoms with E-state index >= 15 is 0 Å². The maximum Gasteiger partial charge on any atom is 0.254 e. The van der Waals surface area contributed by atoms with E-state index in [4.69, 9.17) is 11.6 Å². The first-order valence-corrected chi connectivity index (χ1v) is 8.80. The lowest BCUT2D eigenvalue weighted by Gasteiger charge is -2.13. The summed E-state index contributed by atoms with van der Waals surface area (Å²) in [6.45, 7) is 0. The molecule has 2 nitrogen and oxygen atoms in total. The fraction of sp³-hybridized carbons (Fsp3) is 0.150. The van der Waals surface area contributed by atoms with Crippen LogP contribution < -0.4 is 0 Å². The summed E-state index contributed by atoms with van der Waals surface area (Å²) in [7, 11) is 3.57. The fourth-order valence-electron chi connectivity index (χ4n) is 2.81. The van der Waals surface area contributed by atoms with Gasteiger partial charge in [0.2, 0.25) is 0 Å². The van der Waals surface area contributed by atoms with E-state index < -0.39 is 0 Å². The molecule has 0 saturated carbocycles. The first-order valence-electron chi connectivity index (χ1n) is 7.63. The van der Waals surface area contributed by atoms with Crippen molar-refractivity contribution in [2.75, 3.05) is 14.1 Å². The van der Waals surface area contributed by atoms with Crippen LogP contribution in [-0.2, 0) is 11.2 Å². The molecule has 0 unspecified atom stereocenters. The van der Waals surface area contributed by atoms with Gasteiger partial charge in [-0.05, 0) is 52.9 Å². The summed E-state index contributed by atoms with van der Waals surface area (Å²) in [4.78, 5) is 14.3. The zero-order valence-corrected chi connectivity index (χ0v) is 15.9. The Morgan fingerprint density at radius 1 is 1.12 bits per heavy atom. The minimum Gasteiger partial charge on any atom is -0.345 e. The van der Waals surface area contributed by atoms with Crippen LogP contribution in [0.25, 0.3) is 11.6 Å². The number of likely N-dealkylation sites (N-methyl/N-ethyl adjacent to an activating group) is 1. The quantitative estimate of drug-likeness (QED) is 0.690. The molecule has 1 aliphatic rings. The Kier molecular flexibility index (Phi) is 4.93. The van der Waals surface area contributed by atoms with Gasteiger partial charge in [0, 0.05) is 23.6 Å². The maximum atomic E-state index is 12.7. The topological polar surface area (TPSA) is 20.3 Å². The number of nitrogens with zero attached hydrogens (tertiary/aromatic N) is 1. The number of benzene rings is 2. The zero-order chi connectivity index (χ0) is 17.3. The third-order valence-electron chi connectivity index (χ3n) is 4.01. The smallest absolute Gasteiger partial charge is 0.254 e. The van der Waals surface area contributed by atoms with Crippen molar-refractivity contribution in [3.8, 4) is 0 Å². The van der Waals surface area contributed by atoms with E-state index in [1.807, 2.05) is 48.6 Å². The number of fused-ring (bicyclic) bond motifs is 1. The van der Waals surface area contributed by atoms with Gasteiger partial charge in [-0.2, -0.15) is 0 Å². The number of allylic oxidation sites excluding steroid dienone is 2. The van der Waals surface area contributed by atoms with Crippen LogP contribution in [-0.4, -0.2) is 24.9 Å². The lowest BCUT2D eigenvalue weighted by molar-refractivity contribution is -0.122. The number of halogens is 2. The number of hydrogen-bond donors (Lipinski definition) is 0. The fourth-order valence-corrected chi connectivity index (χ4v) is 3.34. The first kappa shape index (κ1) is 17.0. The van der Waals surface area contributed by atoms with Crippen LogP contribution in [0.5, 0.6) is 0 Å². The average Bonchev–Trinajstić information content (AvgIpc) is 2.90. The predicted octanol–water partition coefficient (Wildman–Crippen LogP) is 5.21. The van der Waals surface area contributed by atoms with Gasteiger partial charge >= 0.3 is 0 Å². The van der Waals surface area contributed by atoms with Gasteiger partial charge in [0.1, 0.15) is 0 Å². The number of carbonyl (C=O) groups excluding carboxylic acids is 1. The van der Waals surface area contributed by atoms with Crippen molar-refractivity contribution in [3.05, 3.63) is 80.3 Å². The summed E-state index contributed by atoms with van der Waals surface area (Å²) >= 11 is 9.43. The zero-order valence-electron chi connectivity index (χ0n) is 13.5. The van der Waals surface area contributed by atoms with Gasteiger partial charge < -0.3 is 4.90 Å². The highest BCUT2D eigenvalue weighted by molar-refractivity contribution is 9.10. The van der Waals surface area contributed by atoms with Gasteiger partial charge in [-0.25, -0.2) is 0 Å². The standard InChI is InChI=1S/C20H17BrClNO/c1-23(2)20(24)19-14(6-3-13-4-8-17(22)9-5-13)11-15-12-16(21)7-10-18(15)19/h3-10,12H,11H2,1-2H3/b6-3+. The van der Waals surface area contributed by atoms with Crippen molar-refractivity contribution in [2.45, 2.75) is 6.42 Å². The molecule has 0 aliphatic heterocycles. The lowest BCUT2D eigenvalue weighted by Crippen LogP contribution is -2.22. The molecule has 1 amide bonds. The van der Waals surface area contributed by atoms with Crippen molar-refractivity contribution in [1.29, 1.82) is 0 Å². The van der Waals surface area contributed by atoms with Crippen LogP contribution in [0.2, 0.25) is 5.02 Å². The summed E-state index contributed by atoms with van der Waals surface area (Å²) in [5.41, 5.74) is 5.07. The summed E-state index contributed by atoms with van der Waals surface area (Å²) < 4.78 is 1.03. The molecule has 2 aromatic carbocycles. The first-order chi connectivity index (χ1) is 11.5. The van der Waals surface area contributed by atoms with Gasteiger partial charge in [0.15, 0.2) is 0 Å². The van der Waals surface area contributed by atoms with Gasteiger partial charge in [-0.15, -0.1) is 0 Å². The third-order valence-corrected chi connectivity index (χ3v) is 4.75.